The summed E-state index contributed by atoms with van der Waals surface area (Å²) in [6.07, 6.45) is 1.95. The van der Waals surface area contributed by atoms with Gasteiger partial charge in [-0.05, 0) is 25.1 Å². The van der Waals surface area contributed by atoms with Gasteiger partial charge in [0.1, 0.15) is 0 Å². The lowest BCUT2D eigenvalue weighted by molar-refractivity contribution is 0.0655. The molecule has 1 heterocycles. The molecule has 0 atom stereocenters. The number of hydrogen-bond donors (Lipinski definition) is 0. The van der Waals surface area contributed by atoms with E-state index >= 15 is 0 Å². The first-order valence-corrected chi connectivity index (χ1v) is 9.31. The van der Waals surface area contributed by atoms with Crippen molar-refractivity contribution in [3.63, 3.8) is 0 Å². The van der Waals surface area contributed by atoms with E-state index < -0.39 is 0 Å². The van der Waals surface area contributed by atoms with E-state index in [9.17, 15) is 4.79 Å². The summed E-state index contributed by atoms with van der Waals surface area (Å²) >= 11 is 0. The Hall–Kier alpha value is -2.79. The van der Waals surface area contributed by atoms with Gasteiger partial charge in [0.05, 0.1) is 5.69 Å². The predicted molar refractivity (Wildman–Crippen MR) is 112 cm³/mol. The molecule has 1 aliphatic heterocycles. The quantitative estimate of drug-likeness (QED) is 0.767. The van der Waals surface area contributed by atoms with Crippen molar-refractivity contribution in [3.05, 3.63) is 65.7 Å². The SMILES string of the molecule is CN=C(C)c1ccccc1N=CCN1CCN(C(=O)c2ccccc2)CC1. The zero-order chi connectivity index (χ0) is 19.1. The average molecular weight is 362 g/mol. The smallest absolute Gasteiger partial charge is 0.253 e. The minimum atomic E-state index is 0.118. The van der Waals surface area contributed by atoms with E-state index in [0.717, 1.165) is 55.2 Å². The zero-order valence-electron chi connectivity index (χ0n) is 16.0. The summed E-state index contributed by atoms with van der Waals surface area (Å²) in [4.78, 5) is 25.7. The van der Waals surface area contributed by atoms with Crippen molar-refractivity contribution in [1.82, 2.24) is 9.80 Å². The van der Waals surface area contributed by atoms with E-state index in [0.29, 0.717) is 0 Å². The summed E-state index contributed by atoms with van der Waals surface area (Å²) in [5.74, 6) is 0.118. The van der Waals surface area contributed by atoms with E-state index in [1.54, 1.807) is 7.05 Å². The highest BCUT2D eigenvalue weighted by molar-refractivity contribution is 6.03. The molecule has 0 saturated carbocycles. The topological polar surface area (TPSA) is 48.3 Å². The van der Waals surface area contributed by atoms with E-state index in [1.807, 2.05) is 72.6 Å². The monoisotopic (exact) mass is 362 g/mol. The van der Waals surface area contributed by atoms with Crippen LogP contribution >= 0.6 is 0 Å². The highest BCUT2D eigenvalue weighted by Crippen LogP contribution is 2.19. The molecule has 0 spiro atoms. The van der Waals surface area contributed by atoms with Gasteiger partial charge in [0.2, 0.25) is 0 Å². The van der Waals surface area contributed by atoms with Crippen molar-refractivity contribution in [2.24, 2.45) is 9.98 Å². The molecule has 5 heteroatoms. The Labute approximate surface area is 161 Å². The average Bonchev–Trinajstić information content (AvgIpc) is 2.74. The van der Waals surface area contributed by atoms with Crippen LogP contribution in [-0.4, -0.2) is 67.4 Å². The van der Waals surface area contributed by atoms with Gasteiger partial charge >= 0.3 is 0 Å². The summed E-state index contributed by atoms with van der Waals surface area (Å²) in [5.41, 5.74) is 3.75. The van der Waals surface area contributed by atoms with Crippen LogP contribution in [0.5, 0.6) is 0 Å². The number of carbonyl (C=O) groups is 1. The number of aliphatic imine (C=N–C) groups is 2. The minimum Gasteiger partial charge on any atom is -0.336 e. The van der Waals surface area contributed by atoms with Crippen molar-refractivity contribution in [1.29, 1.82) is 0 Å². The fourth-order valence-electron chi connectivity index (χ4n) is 3.16. The van der Waals surface area contributed by atoms with Crippen LogP contribution in [0.2, 0.25) is 0 Å². The molecule has 27 heavy (non-hydrogen) atoms. The molecule has 3 rings (SSSR count). The normalized spacial score (nSPS) is 16.1. The minimum absolute atomic E-state index is 0.118. The van der Waals surface area contributed by atoms with Gasteiger partial charge in [-0.2, -0.15) is 0 Å². The Morgan fingerprint density at radius 1 is 1.00 bits per heavy atom. The fourth-order valence-corrected chi connectivity index (χ4v) is 3.16. The summed E-state index contributed by atoms with van der Waals surface area (Å²) in [6, 6.07) is 17.5. The standard InChI is InChI=1S/C22H26N4O/c1-18(23-2)20-10-6-7-11-21(20)24-12-13-25-14-16-26(17-15-25)22(27)19-8-4-3-5-9-19/h3-12H,13-17H2,1-2H3. The molecule has 1 fully saturated rings. The molecule has 0 unspecified atom stereocenters. The van der Waals surface area contributed by atoms with Crippen molar-refractivity contribution in [2.75, 3.05) is 39.8 Å². The third-order valence-electron chi connectivity index (χ3n) is 4.88. The van der Waals surface area contributed by atoms with Gasteiger partial charge in [0, 0.05) is 62.8 Å². The van der Waals surface area contributed by atoms with Crippen LogP contribution in [-0.2, 0) is 0 Å². The molecule has 0 radical (unpaired) electrons. The maximum Gasteiger partial charge on any atom is 0.253 e. The zero-order valence-corrected chi connectivity index (χ0v) is 16.0. The van der Waals surface area contributed by atoms with Crippen LogP contribution in [0.15, 0.2) is 64.6 Å². The van der Waals surface area contributed by atoms with Gasteiger partial charge in [-0.15, -0.1) is 0 Å². The lowest BCUT2D eigenvalue weighted by Gasteiger charge is -2.34. The van der Waals surface area contributed by atoms with Gasteiger partial charge in [-0.3, -0.25) is 19.7 Å². The molecular formula is C22H26N4O. The predicted octanol–water partition coefficient (Wildman–Crippen LogP) is 3.29. The van der Waals surface area contributed by atoms with Crippen molar-refractivity contribution in [3.8, 4) is 0 Å². The van der Waals surface area contributed by atoms with Crippen LogP contribution in [0.3, 0.4) is 0 Å². The van der Waals surface area contributed by atoms with Gasteiger partial charge in [-0.1, -0.05) is 36.4 Å². The van der Waals surface area contributed by atoms with Gasteiger partial charge < -0.3 is 4.90 Å². The first-order chi connectivity index (χ1) is 13.2. The third kappa shape index (κ3) is 4.89. The van der Waals surface area contributed by atoms with E-state index in [4.69, 9.17) is 0 Å². The van der Waals surface area contributed by atoms with Gasteiger partial charge in [0.15, 0.2) is 0 Å². The maximum atomic E-state index is 12.5. The molecule has 1 saturated heterocycles. The van der Waals surface area contributed by atoms with Gasteiger partial charge in [0.25, 0.3) is 5.91 Å². The molecule has 1 aliphatic rings. The first kappa shape index (κ1) is 19.0. The number of piperazine rings is 1. The van der Waals surface area contributed by atoms with Crippen LogP contribution in [0.4, 0.5) is 5.69 Å². The molecule has 0 aliphatic carbocycles. The molecule has 1 amide bonds. The van der Waals surface area contributed by atoms with Gasteiger partial charge in [-0.25, -0.2) is 0 Å². The highest BCUT2D eigenvalue weighted by atomic mass is 16.2. The molecule has 140 valence electrons. The second kappa shape index (κ2) is 9.24. The second-order valence-electron chi connectivity index (χ2n) is 6.60. The summed E-state index contributed by atoms with van der Waals surface area (Å²) in [6.45, 7) is 6.00. The third-order valence-corrected chi connectivity index (χ3v) is 4.88. The van der Waals surface area contributed by atoms with Crippen molar-refractivity contribution < 1.29 is 4.79 Å². The lowest BCUT2D eigenvalue weighted by Crippen LogP contribution is -2.49. The van der Waals surface area contributed by atoms with Crippen LogP contribution in [0.1, 0.15) is 22.8 Å². The molecule has 5 nitrogen and oxygen atoms in total. The van der Waals surface area contributed by atoms with Crippen LogP contribution in [0.25, 0.3) is 0 Å². The molecule has 0 bridgehead atoms. The molecule has 2 aromatic carbocycles. The summed E-state index contributed by atoms with van der Waals surface area (Å²) in [5, 5.41) is 0. The maximum absolute atomic E-state index is 12.5. The Morgan fingerprint density at radius 2 is 1.67 bits per heavy atom. The molecule has 0 aromatic heterocycles. The van der Waals surface area contributed by atoms with Crippen molar-refractivity contribution in [2.45, 2.75) is 6.92 Å². The van der Waals surface area contributed by atoms with E-state index in [1.165, 1.54) is 0 Å². The Kier molecular flexibility index (Phi) is 6.49. The van der Waals surface area contributed by atoms with E-state index in [2.05, 4.69) is 14.9 Å². The number of para-hydroxylation sites is 1. The molecule has 0 N–H and O–H groups in total. The largest absolute Gasteiger partial charge is 0.336 e. The highest BCUT2D eigenvalue weighted by Gasteiger charge is 2.21. The van der Waals surface area contributed by atoms with E-state index in [-0.39, 0.29) is 5.91 Å². The number of hydrogen-bond acceptors (Lipinski definition) is 4. The number of nitrogens with zero attached hydrogens (tertiary/aromatic N) is 4. The molecule has 2 aromatic rings. The number of carbonyl (C=O) groups excluding carboxylic acids is 1. The summed E-state index contributed by atoms with van der Waals surface area (Å²) < 4.78 is 0. The lowest BCUT2D eigenvalue weighted by atomic mass is 10.1. The Morgan fingerprint density at radius 3 is 2.37 bits per heavy atom. The summed E-state index contributed by atoms with van der Waals surface area (Å²) in [7, 11) is 1.80. The number of rotatable bonds is 5. The van der Waals surface area contributed by atoms with Crippen LogP contribution < -0.4 is 0 Å². The number of amides is 1. The molecular weight excluding hydrogens is 336 g/mol. The van der Waals surface area contributed by atoms with Crippen molar-refractivity contribution >= 4 is 23.5 Å². The Balaban J connectivity index is 1.53. The first-order valence-electron chi connectivity index (χ1n) is 9.31. The number of benzene rings is 2. The Bertz CT molecular complexity index is 821. The van der Waals surface area contributed by atoms with Crippen LogP contribution in [0, 0.1) is 0 Å². The fraction of sp³-hybridized carbons (Fsp3) is 0.318. The second-order valence-corrected chi connectivity index (χ2v) is 6.60.